The molecule has 4 nitrogen and oxygen atoms in total. The van der Waals surface area contributed by atoms with Crippen molar-refractivity contribution in [1.29, 1.82) is 0 Å². The molecule has 2 rings (SSSR count). The number of amides is 1. The van der Waals surface area contributed by atoms with Crippen molar-refractivity contribution < 1.29 is 9.35 Å². The first-order chi connectivity index (χ1) is 6.70. The number of rotatable bonds is 1. The fourth-order valence-electron chi connectivity index (χ4n) is 1.36. The van der Waals surface area contributed by atoms with Crippen LogP contribution in [0.25, 0.3) is 0 Å². The molecule has 5 heteroatoms. The average Bonchev–Trinajstić information content (AvgIpc) is 2.16. The lowest BCUT2D eigenvalue weighted by atomic mass is 10.2. The summed E-state index contributed by atoms with van der Waals surface area (Å²) >= 11 is -1.20. The van der Waals surface area contributed by atoms with Gasteiger partial charge in [-0.15, -0.1) is 0 Å². The molecule has 1 aliphatic rings. The molecule has 1 heterocycles. The fourth-order valence-corrected chi connectivity index (χ4v) is 2.41. The summed E-state index contributed by atoms with van der Waals surface area (Å²) in [7, 11) is 1.79. The van der Waals surface area contributed by atoms with Gasteiger partial charge >= 0.3 is 0 Å². The topological polar surface area (TPSA) is 64.2 Å². The van der Waals surface area contributed by atoms with E-state index in [1.807, 2.05) is 6.07 Å². The van der Waals surface area contributed by atoms with E-state index in [9.17, 15) is 9.35 Å². The van der Waals surface area contributed by atoms with Crippen LogP contribution in [0.2, 0.25) is 0 Å². The van der Waals surface area contributed by atoms with Crippen molar-refractivity contribution in [2.75, 3.05) is 23.4 Å². The summed E-state index contributed by atoms with van der Waals surface area (Å²) in [6.45, 7) is 0. The average molecular weight is 210 g/mol. The van der Waals surface area contributed by atoms with Gasteiger partial charge in [-0.25, -0.2) is 0 Å². The maximum atomic E-state index is 11.5. The van der Waals surface area contributed by atoms with E-state index in [2.05, 4.69) is 10.6 Å². The maximum Gasteiger partial charge on any atom is 0.274 e. The molecule has 1 aliphatic heterocycles. The van der Waals surface area contributed by atoms with Crippen LogP contribution in [-0.2, 0) is 16.0 Å². The Morgan fingerprint density at radius 1 is 1.57 bits per heavy atom. The van der Waals surface area contributed by atoms with Gasteiger partial charge in [0.2, 0.25) is 0 Å². The van der Waals surface area contributed by atoms with Crippen molar-refractivity contribution in [2.24, 2.45) is 0 Å². The molecule has 0 aliphatic carbocycles. The zero-order valence-electron chi connectivity index (χ0n) is 7.66. The number of carbonyl (C=O) groups excluding carboxylic acids is 1. The van der Waals surface area contributed by atoms with Crippen molar-refractivity contribution in [3.05, 3.63) is 18.2 Å². The van der Waals surface area contributed by atoms with Gasteiger partial charge in [-0.3, -0.25) is 4.79 Å². The van der Waals surface area contributed by atoms with Gasteiger partial charge in [-0.2, -0.15) is 0 Å². The number of benzene rings is 1. The molecule has 14 heavy (non-hydrogen) atoms. The second-order valence-corrected chi connectivity index (χ2v) is 4.42. The fraction of sp³-hybridized carbons (Fsp3) is 0.222. The molecule has 1 atom stereocenters. The third kappa shape index (κ3) is 1.56. The standard InChI is InChI=1S/C9H10N2O2S/c1-10-6-2-3-8-7(4-6)11-9(12)5-14(8)13/h2-4,10H,5H2,1H3,(H,11,12). The molecule has 0 bridgehead atoms. The zero-order valence-corrected chi connectivity index (χ0v) is 8.48. The lowest BCUT2D eigenvalue weighted by molar-refractivity contribution is -0.114. The Kier molecular flexibility index (Phi) is 2.35. The van der Waals surface area contributed by atoms with Crippen molar-refractivity contribution in [3.63, 3.8) is 0 Å². The highest BCUT2D eigenvalue weighted by Crippen LogP contribution is 2.29. The van der Waals surface area contributed by atoms with Gasteiger partial charge in [0.05, 0.1) is 5.69 Å². The highest BCUT2D eigenvalue weighted by molar-refractivity contribution is 7.92. The summed E-state index contributed by atoms with van der Waals surface area (Å²) in [4.78, 5) is 11.8. The lowest BCUT2D eigenvalue weighted by Gasteiger charge is -2.19. The summed E-state index contributed by atoms with van der Waals surface area (Å²) in [5.41, 5.74) is 1.54. The van der Waals surface area contributed by atoms with Crippen LogP contribution in [-0.4, -0.2) is 23.3 Å². The molecular formula is C9H10N2O2S. The number of nitrogens with one attached hydrogen (secondary N) is 2. The van der Waals surface area contributed by atoms with Crippen LogP contribution in [0.5, 0.6) is 0 Å². The van der Waals surface area contributed by atoms with Gasteiger partial charge in [0.25, 0.3) is 5.91 Å². The Morgan fingerprint density at radius 2 is 2.36 bits per heavy atom. The molecule has 0 spiro atoms. The van der Waals surface area contributed by atoms with E-state index in [0.29, 0.717) is 10.6 Å². The highest BCUT2D eigenvalue weighted by Gasteiger charge is 2.26. The molecule has 0 saturated heterocycles. The first-order valence-electron chi connectivity index (χ1n) is 4.21. The van der Waals surface area contributed by atoms with Crippen LogP contribution >= 0.6 is 0 Å². The van der Waals surface area contributed by atoms with E-state index >= 15 is 0 Å². The van der Waals surface area contributed by atoms with Crippen LogP contribution < -0.4 is 10.6 Å². The molecule has 1 aromatic rings. The van der Waals surface area contributed by atoms with E-state index in [0.717, 1.165) is 5.69 Å². The van der Waals surface area contributed by atoms with E-state index in [-0.39, 0.29) is 11.7 Å². The number of hydrogen-bond donors (Lipinski definition) is 2. The van der Waals surface area contributed by atoms with Crippen LogP contribution in [0.3, 0.4) is 0 Å². The number of hydrogen-bond acceptors (Lipinski definition) is 3. The monoisotopic (exact) mass is 210 g/mol. The molecule has 0 radical (unpaired) electrons. The Bertz CT molecular complexity index is 381. The summed E-state index contributed by atoms with van der Waals surface area (Å²) in [6.07, 6.45) is 0. The van der Waals surface area contributed by atoms with E-state index in [1.54, 1.807) is 19.2 Å². The SMILES string of the molecule is CNc1ccc2c(c1)NC(=O)C[S+]2[O-]. The largest absolute Gasteiger partial charge is 0.611 e. The predicted octanol–water partition coefficient (Wildman–Crippen LogP) is 0.788. The minimum atomic E-state index is -1.20. The van der Waals surface area contributed by atoms with Crippen LogP contribution in [0.4, 0.5) is 11.4 Å². The number of anilines is 2. The van der Waals surface area contributed by atoms with Crippen LogP contribution in [0, 0.1) is 0 Å². The van der Waals surface area contributed by atoms with Crippen LogP contribution in [0.1, 0.15) is 0 Å². The maximum absolute atomic E-state index is 11.5. The Morgan fingerprint density at radius 3 is 3.07 bits per heavy atom. The minimum Gasteiger partial charge on any atom is -0.611 e. The van der Waals surface area contributed by atoms with Gasteiger partial charge in [0, 0.05) is 12.7 Å². The Balaban J connectivity index is 2.43. The quantitative estimate of drug-likeness (QED) is 0.673. The summed E-state index contributed by atoms with van der Waals surface area (Å²) in [5, 5.41) is 5.65. The first kappa shape index (κ1) is 9.36. The van der Waals surface area contributed by atoms with Crippen molar-refractivity contribution >= 4 is 28.5 Å². The van der Waals surface area contributed by atoms with Crippen molar-refractivity contribution in [1.82, 2.24) is 0 Å². The molecular weight excluding hydrogens is 200 g/mol. The lowest BCUT2D eigenvalue weighted by Crippen LogP contribution is -2.29. The van der Waals surface area contributed by atoms with E-state index < -0.39 is 11.2 Å². The molecule has 1 aromatic carbocycles. The third-order valence-electron chi connectivity index (χ3n) is 2.05. The van der Waals surface area contributed by atoms with Gasteiger partial charge in [0.15, 0.2) is 10.6 Å². The molecule has 0 fully saturated rings. The van der Waals surface area contributed by atoms with Crippen molar-refractivity contribution in [2.45, 2.75) is 4.90 Å². The molecule has 74 valence electrons. The minimum absolute atomic E-state index is 0.0614. The van der Waals surface area contributed by atoms with Gasteiger partial charge in [-0.1, -0.05) is 0 Å². The van der Waals surface area contributed by atoms with Crippen molar-refractivity contribution in [3.8, 4) is 0 Å². The summed E-state index contributed by atoms with van der Waals surface area (Å²) in [5.74, 6) is -0.129. The zero-order chi connectivity index (χ0) is 10.1. The van der Waals surface area contributed by atoms with E-state index in [1.165, 1.54) is 0 Å². The molecule has 2 N–H and O–H groups in total. The summed E-state index contributed by atoms with van der Waals surface area (Å²) in [6, 6.07) is 5.40. The molecule has 1 unspecified atom stereocenters. The third-order valence-corrected chi connectivity index (χ3v) is 3.42. The van der Waals surface area contributed by atoms with Gasteiger partial charge in [0.1, 0.15) is 0 Å². The smallest absolute Gasteiger partial charge is 0.274 e. The predicted molar refractivity (Wildman–Crippen MR) is 55.9 cm³/mol. The van der Waals surface area contributed by atoms with Crippen LogP contribution in [0.15, 0.2) is 23.1 Å². The highest BCUT2D eigenvalue weighted by atomic mass is 32.2. The number of carbonyl (C=O) groups is 1. The summed E-state index contributed by atoms with van der Waals surface area (Å²) < 4.78 is 11.5. The first-order valence-corrected chi connectivity index (χ1v) is 5.52. The Labute approximate surface area is 84.9 Å². The molecule has 1 amide bonds. The number of fused-ring (bicyclic) bond motifs is 1. The molecule has 0 saturated carbocycles. The molecule has 0 aromatic heterocycles. The Hall–Kier alpha value is -1.20. The van der Waals surface area contributed by atoms with Gasteiger partial charge in [-0.05, 0) is 29.4 Å². The van der Waals surface area contributed by atoms with Gasteiger partial charge < -0.3 is 15.2 Å². The van der Waals surface area contributed by atoms with E-state index in [4.69, 9.17) is 0 Å². The second kappa shape index (κ2) is 3.51. The normalized spacial score (nSPS) is 19.9. The second-order valence-electron chi connectivity index (χ2n) is 3.00.